The minimum absolute atomic E-state index is 0.436. The van der Waals surface area contributed by atoms with Crippen LogP contribution in [-0.4, -0.2) is 25.4 Å². The zero-order valence-electron chi connectivity index (χ0n) is 22.9. The average Bonchev–Trinajstić information content (AvgIpc) is 2.81. The summed E-state index contributed by atoms with van der Waals surface area (Å²) in [5.41, 5.74) is 0. The lowest BCUT2D eigenvalue weighted by atomic mass is 10.1. The smallest absolute Gasteiger partial charge is 0.328 e. The molecule has 0 aliphatic carbocycles. The molecule has 5 heteroatoms. The van der Waals surface area contributed by atoms with Crippen LogP contribution in [-0.2, 0) is 14.0 Å². The molecule has 200 valence electrons. The second-order valence-electron chi connectivity index (χ2n) is 10.2. The Kier molecular flexibility index (Phi) is 22.9. The number of hydrogen-bond acceptors (Lipinski definition) is 3. The summed E-state index contributed by atoms with van der Waals surface area (Å²) >= 11 is 0. The van der Waals surface area contributed by atoms with Crippen molar-refractivity contribution in [3.63, 3.8) is 0 Å². The van der Waals surface area contributed by atoms with Gasteiger partial charge in [0.05, 0.1) is 0 Å². The van der Waals surface area contributed by atoms with Crippen LogP contribution < -0.4 is 0 Å². The summed E-state index contributed by atoms with van der Waals surface area (Å²) in [6.45, 7) is 6.73. The zero-order valence-corrected chi connectivity index (χ0v) is 23.9. The van der Waals surface area contributed by atoms with E-state index in [0.29, 0.717) is 0 Å². The lowest BCUT2D eigenvalue weighted by Gasteiger charge is -2.31. The number of carbonyl (C=O) groups excluding carboxylic acids is 1. The number of carboxylic acid groups (broad SMARTS) is 1. The van der Waals surface area contributed by atoms with Crippen LogP contribution >= 0.6 is 0 Å². The molecule has 0 aromatic carbocycles. The number of rotatable bonds is 25. The molecule has 0 spiro atoms. The lowest BCUT2D eigenvalue weighted by molar-refractivity contribution is -0.133. The molecule has 1 N–H and O–H groups in total. The van der Waals surface area contributed by atoms with Gasteiger partial charge in [-0.15, -0.1) is 0 Å². The van der Waals surface area contributed by atoms with E-state index in [-0.39, 0.29) is 0 Å². The van der Waals surface area contributed by atoms with Gasteiger partial charge in [-0.3, -0.25) is 0 Å². The van der Waals surface area contributed by atoms with Crippen molar-refractivity contribution in [3.05, 3.63) is 12.2 Å². The molecule has 4 nitrogen and oxygen atoms in total. The predicted molar refractivity (Wildman–Crippen MR) is 148 cm³/mol. The van der Waals surface area contributed by atoms with E-state index in [1.807, 2.05) is 0 Å². The highest BCUT2D eigenvalue weighted by Gasteiger charge is 2.36. The van der Waals surface area contributed by atoms with Crippen LogP contribution in [0.5, 0.6) is 0 Å². The molecule has 0 aliphatic rings. The van der Waals surface area contributed by atoms with Gasteiger partial charge in [0.2, 0.25) is 0 Å². The highest BCUT2D eigenvalue weighted by atomic mass is 28.4. The number of carboxylic acids is 1. The first kappa shape index (κ1) is 32.9. The van der Waals surface area contributed by atoms with Crippen molar-refractivity contribution in [1.29, 1.82) is 0 Å². The Morgan fingerprint density at radius 2 is 0.882 bits per heavy atom. The predicted octanol–water partition coefficient (Wildman–Crippen LogP) is 9.59. The van der Waals surface area contributed by atoms with Crippen LogP contribution in [0, 0.1) is 0 Å². The third-order valence-electron chi connectivity index (χ3n) is 6.89. The molecule has 0 aromatic heterocycles. The molecule has 0 aromatic rings. The van der Waals surface area contributed by atoms with Gasteiger partial charge in [0.1, 0.15) is 0 Å². The minimum Gasteiger partial charge on any atom is -0.516 e. The van der Waals surface area contributed by atoms with Gasteiger partial charge in [-0.1, -0.05) is 143 Å². The SMILES string of the molecule is CCCCCCCCC[Si](CCCCCCCC)(CCCCCCCC)OC(=O)/C=C\C(=O)O. The second kappa shape index (κ2) is 23.6. The first-order chi connectivity index (χ1) is 16.5. The maximum Gasteiger partial charge on any atom is 0.328 e. The molecule has 0 aliphatic heterocycles. The summed E-state index contributed by atoms with van der Waals surface area (Å²) in [5.74, 6) is -1.53. The quantitative estimate of drug-likeness (QED) is 0.0776. The average molecular weight is 497 g/mol. The Morgan fingerprint density at radius 3 is 1.21 bits per heavy atom. The van der Waals surface area contributed by atoms with E-state index in [0.717, 1.165) is 49.5 Å². The fraction of sp³-hybridized carbons (Fsp3) is 0.862. The molecule has 0 heterocycles. The van der Waals surface area contributed by atoms with E-state index in [1.54, 1.807) is 0 Å². The highest BCUT2D eigenvalue weighted by molar-refractivity contribution is 6.75. The van der Waals surface area contributed by atoms with Crippen molar-refractivity contribution in [2.24, 2.45) is 0 Å². The molecule has 0 fully saturated rings. The first-order valence-corrected chi connectivity index (χ1v) is 17.2. The fourth-order valence-electron chi connectivity index (χ4n) is 4.77. The largest absolute Gasteiger partial charge is 0.516 e. The Morgan fingerprint density at radius 1 is 0.559 bits per heavy atom. The van der Waals surface area contributed by atoms with Crippen molar-refractivity contribution in [2.45, 2.75) is 161 Å². The fourth-order valence-corrected chi connectivity index (χ4v) is 9.01. The molecular weight excluding hydrogens is 440 g/mol. The molecule has 0 unspecified atom stereocenters. The maximum absolute atomic E-state index is 12.6. The minimum atomic E-state index is -2.24. The topological polar surface area (TPSA) is 63.6 Å². The van der Waals surface area contributed by atoms with Crippen LogP contribution in [0.4, 0.5) is 0 Å². The van der Waals surface area contributed by atoms with Crippen molar-refractivity contribution >= 4 is 20.3 Å². The Balaban J connectivity index is 5.05. The number of unbranched alkanes of at least 4 members (excludes halogenated alkanes) is 16. The van der Waals surface area contributed by atoms with E-state index < -0.39 is 20.3 Å². The molecule has 0 atom stereocenters. The van der Waals surface area contributed by atoms with Gasteiger partial charge in [-0.05, 0) is 18.1 Å². The van der Waals surface area contributed by atoms with E-state index in [2.05, 4.69) is 20.8 Å². The van der Waals surface area contributed by atoms with Crippen LogP contribution in [0.15, 0.2) is 12.2 Å². The number of hydrogen-bond donors (Lipinski definition) is 1. The monoisotopic (exact) mass is 496 g/mol. The molecule has 0 saturated carbocycles. The van der Waals surface area contributed by atoms with Gasteiger partial charge >= 0.3 is 11.9 Å². The van der Waals surface area contributed by atoms with Crippen molar-refractivity contribution in [2.75, 3.05) is 0 Å². The Hall–Kier alpha value is -1.10. The standard InChI is InChI=1S/C29H56O4Si/c1-4-7-10-13-16-19-22-27-34(25-20-17-14-11-8-5-2,26-21-18-15-12-9-6-3)33-29(32)24-23-28(30)31/h23-24H,4-22,25-27H2,1-3H3,(H,30,31)/b24-23-. The van der Waals surface area contributed by atoms with Crippen LogP contribution in [0.25, 0.3) is 0 Å². The first-order valence-electron chi connectivity index (χ1n) is 14.6. The van der Waals surface area contributed by atoms with Crippen molar-refractivity contribution < 1.29 is 19.1 Å². The lowest BCUT2D eigenvalue weighted by Crippen LogP contribution is -2.40. The molecule has 34 heavy (non-hydrogen) atoms. The van der Waals surface area contributed by atoms with E-state index in [1.165, 1.54) is 103 Å². The summed E-state index contributed by atoms with van der Waals surface area (Å²) in [5, 5.41) is 8.93. The molecule has 0 rings (SSSR count). The third kappa shape index (κ3) is 20.3. The van der Waals surface area contributed by atoms with Gasteiger partial charge in [-0.25, -0.2) is 9.59 Å². The van der Waals surface area contributed by atoms with Gasteiger partial charge in [0, 0.05) is 12.2 Å². The van der Waals surface area contributed by atoms with E-state index in [9.17, 15) is 9.59 Å². The summed E-state index contributed by atoms with van der Waals surface area (Å²) in [4.78, 5) is 23.5. The third-order valence-corrected chi connectivity index (χ3v) is 11.3. The van der Waals surface area contributed by atoms with E-state index in [4.69, 9.17) is 9.53 Å². The molecule has 0 amide bonds. The number of carbonyl (C=O) groups is 2. The molecule has 0 radical (unpaired) electrons. The van der Waals surface area contributed by atoms with Gasteiger partial charge in [0.15, 0.2) is 0 Å². The summed E-state index contributed by atoms with van der Waals surface area (Å²) < 4.78 is 6.24. The van der Waals surface area contributed by atoms with Crippen molar-refractivity contribution in [1.82, 2.24) is 0 Å². The Labute approximate surface area is 212 Å². The summed E-state index contributed by atoms with van der Waals surface area (Å²) in [6, 6.07) is 3.12. The van der Waals surface area contributed by atoms with E-state index >= 15 is 0 Å². The number of aliphatic carboxylic acids is 1. The molecular formula is C29H56O4Si. The highest BCUT2D eigenvalue weighted by Crippen LogP contribution is 2.31. The molecule has 0 saturated heterocycles. The Bertz CT molecular complexity index is 502. The summed E-state index contributed by atoms with van der Waals surface area (Å²) in [6.07, 6.45) is 25.8. The van der Waals surface area contributed by atoms with Crippen LogP contribution in [0.2, 0.25) is 18.1 Å². The maximum atomic E-state index is 12.6. The normalized spacial score (nSPS) is 11.9. The van der Waals surface area contributed by atoms with Crippen LogP contribution in [0.3, 0.4) is 0 Å². The van der Waals surface area contributed by atoms with Gasteiger partial charge in [-0.2, -0.15) is 0 Å². The summed E-state index contributed by atoms with van der Waals surface area (Å²) in [7, 11) is -2.24. The van der Waals surface area contributed by atoms with Crippen molar-refractivity contribution in [3.8, 4) is 0 Å². The second-order valence-corrected chi connectivity index (χ2v) is 14.3. The zero-order chi connectivity index (χ0) is 25.3. The molecule has 0 bridgehead atoms. The van der Waals surface area contributed by atoms with Gasteiger partial charge < -0.3 is 9.53 Å². The van der Waals surface area contributed by atoms with Gasteiger partial charge in [0.25, 0.3) is 8.32 Å². The van der Waals surface area contributed by atoms with Crippen LogP contribution in [0.1, 0.15) is 143 Å².